The molecular formula is C33H39F2N7O2. The number of hydrogen-bond acceptors (Lipinski definition) is 6. The fraction of sp³-hybridized carbons (Fsp3) is 0.515. The minimum Gasteiger partial charge on any atom is -0.377 e. The van der Waals surface area contributed by atoms with Gasteiger partial charge in [0.25, 0.3) is 5.91 Å². The van der Waals surface area contributed by atoms with E-state index in [1.165, 1.54) is 25.0 Å². The number of carbonyl (C=O) groups is 1. The van der Waals surface area contributed by atoms with Gasteiger partial charge in [-0.2, -0.15) is 9.49 Å². The first-order valence-electron chi connectivity index (χ1n) is 15.7. The van der Waals surface area contributed by atoms with Crippen molar-refractivity contribution in [2.75, 3.05) is 32.8 Å². The lowest BCUT2D eigenvalue weighted by Gasteiger charge is -2.42. The van der Waals surface area contributed by atoms with Crippen LogP contribution in [0.1, 0.15) is 73.2 Å². The summed E-state index contributed by atoms with van der Waals surface area (Å²) >= 11 is 0. The normalized spacial score (nSPS) is 25.0. The molecule has 0 radical (unpaired) electrons. The van der Waals surface area contributed by atoms with Crippen LogP contribution in [0.25, 0.3) is 16.6 Å². The summed E-state index contributed by atoms with van der Waals surface area (Å²) in [5.41, 5.74) is 2.65. The van der Waals surface area contributed by atoms with Crippen molar-refractivity contribution >= 4 is 11.4 Å². The van der Waals surface area contributed by atoms with Crippen molar-refractivity contribution in [1.82, 2.24) is 33.9 Å². The number of ether oxygens (including phenoxy) is 1. The summed E-state index contributed by atoms with van der Waals surface area (Å²) in [5.74, 6) is 0.0807. The Morgan fingerprint density at radius 3 is 2.48 bits per heavy atom. The maximum Gasteiger partial charge on any atom is 0.255 e. The third-order valence-electron chi connectivity index (χ3n) is 9.87. The Kier molecular flexibility index (Phi) is 7.70. The van der Waals surface area contributed by atoms with Crippen LogP contribution in [0.5, 0.6) is 0 Å². The van der Waals surface area contributed by atoms with Crippen LogP contribution in [-0.2, 0) is 4.74 Å². The van der Waals surface area contributed by atoms with Gasteiger partial charge in [0.2, 0.25) is 5.95 Å². The number of imidazole rings is 1. The molecule has 3 aliphatic rings. The molecule has 1 saturated carbocycles. The highest BCUT2D eigenvalue weighted by atomic mass is 19.1. The number of fused-ring (bicyclic) bond motifs is 1. The standard InChI is InChI=1S/C33H39F2N7O2/c1-20-16-44-17-21(2)42(20)33(43)30-11-26(34)6-9-28(30)29-10-24(15-40-22(3)38-32(35)31(29)40)25-13-39(14-25)12-23-4-7-27(8-5-23)41-19-36-18-37-41/h6,9-11,15,18-21,23,25,27H,4-5,7-8,12-14,16-17H2,1-3H3/t20-,21-,23?,27?/m1/s1. The molecule has 2 aliphatic heterocycles. The van der Waals surface area contributed by atoms with Gasteiger partial charge in [0.05, 0.1) is 36.9 Å². The van der Waals surface area contributed by atoms with Crippen LogP contribution in [0.2, 0.25) is 0 Å². The summed E-state index contributed by atoms with van der Waals surface area (Å²) in [7, 11) is 0. The Balaban J connectivity index is 1.14. The molecule has 7 rings (SSSR count). The largest absolute Gasteiger partial charge is 0.377 e. The number of aromatic nitrogens is 5. The van der Waals surface area contributed by atoms with Gasteiger partial charge in [-0.05, 0) is 81.7 Å². The van der Waals surface area contributed by atoms with E-state index in [-0.39, 0.29) is 29.5 Å². The van der Waals surface area contributed by atoms with Crippen LogP contribution < -0.4 is 0 Å². The first kappa shape index (κ1) is 29.0. The molecule has 4 aromatic rings. The highest BCUT2D eigenvalue weighted by Crippen LogP contribution is 2.38. The molecule has 9 nitrogen and oxygen atoms in total. The Labute approximate surface area is 255 Å². The second kappa shape index (κ2) is 11.7. The zero-order valence-corrected chi connectivity index (χ0v) is 25.5. The van der Waals surface area contributed by atoms with Crippen LogP contribution in [0.15, 0.2) is 43.1 Å². The van der Waals surface area contributed by atoms with Crippen molar-refractivity contribution in [3.05, 3.63) is 71.8 Å². The Hall–Kier alpha value is -3.70. The van der Waals surface area contributed by atoms with Gasteiger partial charge in [0, 0.05) is 37.3 Å². The van der Waals surface area contributed by atoms with Gasteiger partial charge in [0.15, 0.2) is 0 Å². The zero-order valence-electron chi connectivity index (χ0n) is 25.5. The number of morpholine rings is 1. The summed E-state index contributed by atoms with van der Waals surface area (Å²) in [5, 5.41) is 4.33. The molecule has 1 amide bonds. The Morgan fingerprint density at radius 2 is 1.77 bits per heavy atom. The van der Waals surface area contributed by atoms with Crippen molar-refractivity contribution in [3.8, 4) is 11.1 Å². The topological polar surface area (TPSA) is 80.8 Å². The Morgan fingerprint density at radius 1 is 1.02 bits per heavy atom. The SMILES string of the molecule is Cc1nc(F)c2c(-c3ccc(F)cc3C(=O)N3[C@H](C)COC[C@H]3C)cc(C3CN(CC4CCC(n5cncn5)CC4)C3)cn12. The maximum atomic E-state index is 15.4. The number of pyridine rings is 1. The molecule has 0 bridgehead atoms. The molecule has 3 aromatic heterocycles. The molecule has 2 saturated heterocycles. The van der Waals surface area contributed by atoms with Gasteiger partial charge in [-0.15, -0.1) is 0 Å². The number of benzene rings is 1. The molecule has 1 aromatic carbocycles. The molecule has 2 atom stereocenters. The average Bonchev–Trinajstić information content (AvgIpc) is 3.63. The molecule has 3 fully saturated rings. The summed E-state index contributed by atoms with van der Waals surface area (Å²) in [6.07, 6.45) is 10.0. The van der Waals surface area contributed by atoms with Crippen LogP contribution in [0.4, 0.5) is 8.78 Å². The molecule has 1 aliphatic carbocycles. The van der Waals surface area contributed by atoms with Crippen LogP contribution in [-0.4, -0.2) is 84.8 Å². The molecule has 44 heavy (non-hydrogen) atoms. The highest BCUT2D eigenvalue weighted by Gasteiger charge is 2.35. The summed E-state index contributed by atoms with van der Waals surface area (Å²) in [6, 6.07) is 6.32. The van der Waals surface area contributed by atoms with Crippen LogP contribution in [0.3, 0.4) is 0 Å². The molecule has 232 valence electrons. The first-order valence-corrected chi connectivity index (χ1v) is 15.7. The lowest BCUT2D eigenvalue weighted by atomic mass is 9.83. The number of amides is 1. The fourth-order valence-electron chi connectivity index (χ4n) is 7.52. The molecular weight excluding hydrogens is 564 g/mol. The number of hydrogen-bond donors (Lipinski definition) is 0. The van der Waals surface area contributed by atoms with Gasteiger partial charge < -0.3 is 18.9 Å². The lowest BCUT2D eigenvalue weighted by molar-refractivity contribution is -0.0249. The number of rotatable bonds is 6. The molecule has 0 spiro atoms. The second-order valence-corrected chi connectivity index (χ2v) is 13.0. The molecule has 0 unspecified atom stereocenters. The van der Waals surface area contributed by atoms with Gasteiger partial charge in [0.1, 0.15) is 29.8 Å². The third kappa shape index (κ3) is 5.30. The summed E-state index contributed by atoms with van der Waals surface area (Å²) in [6.45, 7) is 9.37. The van der Waals surface area contributed by atoms with Crippen LogP contribution >= 0.6 is 0 Å². The van der Waals surface area contributed by atoms with E-state index in [0.717, 1.165) is 38.0 Å². The van der Waals surface area contributed by atoms with Gasteiger partial charge in [-0.1, -0.05) is 6.07 Å². The zero-order chi connectivity index (χ0) is 30.5. The van der Waals surface area contributed by atoms with Gasteiger partial charge >= 0.3 is 0 Å². The fourth-order valence-corrected chi connectivity index (χ4v) is 7.52. The first-order chi connectivity index (χ1) is 21.3. The molecule has 5 heterocycles. The third-order valence-corrected chi connectivity index (χ3v) is 9.87. The number of halogens is 2. The minimum atomic E-state index is -0.600. The lowest BCUT2D eigenvalue weighted by Crippen LogP contribution is -2.52. The van der Waals surface area contributed by atoms with Crippen molar-refractivity contribution < 1.29 is 18.3 Å². The summed E-state index contributed by atoms with van der Waals surface area (Å²) in [4.78, 5) is 26.5. The number of aryl methyl sites for hydroxylation is 1. The highest BCUT2D eigenvalue weighted by molar-refractivity contribution is 6.03. The Bertz CT molecular complexity index is 1650. The average molecular weight is 604 g/mol. The van der Waals surface area contributed by atoms with Crippen LogP contribution in [0, 0.1) is 24.6 Å². The summed E-state index contributed by atoms with van der Waals surface area (Å²) < 4.78 is 39.5. The van der Waals surface area contributed by atoms with E-state index in [9.17, 15) is 9.18 Å². The number of carbonyl (C=O) groups excluding carboxylic acids is 1. The van der Waals surface area contributed by atoms with E-state index >= 15 is 4.39 Å². The maximum absolute atomic E-state index is 15.4. The van der Waals surface area contributed by atoms with E-state index in [0.29, 0.717) is 47.6 Å². The van der Waals surface area contributed by atoms with Crippen molar-refractivity contribution in [2.24, 2.45) is 5.92 Å². The number of nitrogens with zero attached hydrogens (tertiary/aromatic N) is 7. The molecule has 11 heteroatoms. The number of likely N-dealkylation sites (tertiary alicyclic amines) is 1. The van der Waals surface area contributed by atoms with E-state index < -0.39 is 11.8 Å². The van der Waals surface area contributed by atoms with Crippen molar-refractivity contribution in [1.29, 1.82) is 0 Å². The van der Waals surface area contributed by atoms with Crippen molar-refractivity contribution in [2.45, 2.75) is 70.5 Å². The second-order valence-electron chi connectivity index (χ2n) is 13.0. The van der Waals surface area contributed by atoms with E-state index in [4.69, 9.17) is 4.74 Å². The molecule has 0 N–H and O–H groups in total. The van der Waals surface area contributed by atoms with E-state index in [1.807, 2.05) is 37.1 Å². The predicted molar refractivity (Wildman–Crippen MR) is 161 cm³/mol. The van der Waals surface area contributed by atoms with E-state index in [2.05, 4.69) is 20.0 Å². The van der Waals surface area contributed by atoms with Crippen molar-refractivity contribution in [3.63, 3.8) is 0 Å². The smallest absolute Gasteiger partial charge is 0.255 e. The minimum absolute atomic E-state index is 0.166. The van der Waals surface area contributed by atoms with E-state index in [1.54, 1.807) is 28.6 Å². The predicted octanol–water partition coefficient (Wildman–Crippen LogP) is 5.26. The van der Waals surface area contributed by atoms with Gasteiger partial charge in [-0.3, -0.25) is 4.79 Å². The van der Waals surface area contributed by atoms with Gasteiger partial charge in [-0.25, -0.2) is 19.0 Å². The quantitative estimate of drug-likeness (QED) is 0.299. The monoisotopic (exact) mass is 603 g/mol.